The maximum Gasteiger partial charge on any atom is 0.289 e. The van der Waals surface area contributed by atoms with Crippen molar-refractivity contribution in [2.45, 2.75) is 25.3 Å². The molecule has 2 aliphatic rings. The summed E-state index contributed by atoms with van der Waals surface area (Å²) in [5.41, 5.74) is 0. The van der Waals surface area contributed by atoms with E-state index in [0.29, 0.717) is 25.4 Å². The van der Waals surface area contributed by atoms with E-state index >= 15 is 0 Å². The maximum absolute atomic E-state index is 12.2. The second-order valence-corrected chi connectivity index (χ2v) is 8.55. The third-order valence-electron chi connectivity index (χ3n) is 4.80. The van der Waals surface area contributed by atoms with Crippen LogP contribution in [0.25, 0.3) is 0 Å². The van der Waals surface area contributed by atoms with Crippen LogP contribution in [0.15, 0.2) is 22.8 Å². The molecule has 0 atom stereocenters. The number of rotatable bonds is 6. The zero-order chi connectivity index (χ0) is 17.2. The molecule has 7 nitrogen and oxygen atoms in total. The van der Waals surface area contributed by atoms with Crippen LogP contribution in [-0.4, -0.2) is 80.0 Å². The number of carbonyl (C=O) groups excluding carboxylic acids is 1. The molecule has 3 rings (SSSR count). The molecule has 0 aliphatic carbocycles. The summed E-state index contributed by atoms with van der Waals surface area (Å²) in [7, 11) is -3.28. The zero-order valence-corrected chi connectivity index (χ0v) is 14.9. The van der Waals surface area contributed by atoms with Crippen molar-refractivity contribution in [3.8, 4) is 0 Å². The second-order valence-electron chi connectivity index (χ2n) is 6.62. The van der Waals surface area contributed by atoms with Gasteiger partial charge in [-0.1, -0.05) is 6.42 Å². The molecular weight excluding hydrogens is 330 g/mol. The highest BCUT2D eigenvalue weighted by molar-refractivity contribution is 7.88. The van der Waals surface area contributed by atoms with Gasteiger partial charge in [-0.2, -0.15) is 4.31 Å². The quantitative estimate of drug-likeness (QED) is 0.756. The molecule has 0 spiro atoms. The number of furan rings is 1. The van der Waals surface area contributed by atoms with E-state index in [0.717, 1.165) is 19.6 Å². The Labute approximate surface area is 143 Å². The lowest BCUT2D eigenvalue weighted by Crippen LogP contribution is -2.62. The van der Waals surface area contributed by atoms with Crippen molar-refractivity contribution in [1.29, 1.82) is 0 Å². The first kappa shape index (κ1) is 17.4. The Kier molecular flexibility index (Phi) is 5.27. The fourth-order valence-electron chi connectivity index (χ4n) is 3.40. The second kappa shape index (κ2) is 7.25. The molecule has 3 heterocycles. The molecule has 2 fully saturated rings. The van der Waals surface area contributed by atoms with Crippen molar-refractivity contribution in [2.75, 3.05) is 45.5 Å². The molecule has 1 aromatic heterocycles. The Hall–Kier alpha value is -1.38. The number of hydrogen-bond acceptors (Lipinski definition) is 5. The molecule has 0 N–H and O–H groups in total. The van der Waals surface area contributed by atoms with E-state index < -0.39 is 10.0 Å². The monoisotopic (exact) mass is 355 g/mol. The van der Waals surface area contributed by atoms with Gasteiger partial charge in [0, 0.05) is 26.2 Å². The van der Waals surface area contributed by atoms with Crippen LogP contribution in [0.1, 0.15) is 29.8 Å². The summed E-state index contributed by atoms with van der Waals surface area (Å²) in [5.74, 6) is 0.119. The van der Waals surface area contributed by atoms with Gasteiger partial charge in [0.2, 0.25) is 10.0 Å². The minimum absolute atomic E-state index is 0.135. The first-order valence-corrected chi connectivity index (χ1v) is 10.3. The minimum atomic E-state index is -3.28. The molecule has 0 unspecified atom stereocenters. The Bertz CT molecular complexity index is 647. The Morgan fingerprint density at radius 3 is 2.58 bits per heavy atom. The van der Waals surface area contributed by atoms with Gasteiger partial charge < -0.3 is 14.2 Å². The SMILES string of the molecule is CS(=O)(=O)N(CCN1CCCCC1)C1CN(C(=O)c2ccco2)C1. The van der Waals surface area contributed by atoms with Crippen molar-refractivity contribution in [1.82, 2.24) is 14.1 Å². The lowest BCUT2D eigenvalue weighted by molar-refractivity contribution is 0.0408. The molecular formula is C16H25N3O4S. The normalized spacial score (nSPS) is 20.3. The first-order chi connectivity index (χ1) is 11.4. The molecule has 8 heteroatoms. The molecule has 2 aliphatic heterocycles. The van der Waals surface area contributed by atoms with E-state index in [1.807, 2.05) is 0 Å². The highest BCUT2D eigenvalue weighted by Crippen LogP contribution is 2.21. The van der Waals surface area contributed by atoms with Gasteiger partial charge in [0.25, 0.3) is 5.91 Å². The molecule has 2 saturated heterocycles. The Balaban J connectivity index is 1.55. The highest BCUT2D eigenvalue weighted by atomic mass is 32.2. The molecule has 0 bridgehead atoms. The largest absolute Gasteiger partial charge is 0.459 e. The number of hydrogen-bond donors (Lipinski definition) is 0. The average molecular weight is 355 g/mol. The highest BCUT2D eigenvalue weighted by Gasteiger charge is 2.39. The average Bonchev–Trinajstić information content (AvgIpc) is 3.03. The molecule has 0 aromatic carbocycles. The summed E-state index contributed by atoms with van der Waals surface area (Å²) in [4.78, 5) is 16.1. The Morgan fingerprint density at radius 1 is 1.29 bits per heavy atom. The van der Waals surface area contributed by atoms with Gasteiger partial charge in [0.1, 0.15) is 0 Å². The van der Waals surface area contributed by atoms with Gasteiger partial charge in [-0.05, 0) is 38.1 Å². The molecule has 0 radical (unpaired) electrons. The lowest BCUT2D eigenvalue weighted by Gasteiger charge is -2.44. The third-order valence-corrected chi connectivity index (χ3v) is 6.13. The van der Waals surface area contributed by atoms with Crippen LogP contribution < -0.4 is 0 Å². The van der Waals surface area contributed by atoms with E-state index in [9.17, 15) is 13.2 Å². The number of piperidine rings is 1. The summed E-state index contributed by atoms with van der Waals surface area (Å²) < 4.78 is 30.9. The third kappa shape index (κ3) is 3.99. The van der Waals surface area contributed by atoms with Gasteiger partial charge in [0.05, 0.1) is 18.6 Å². The van der Waals surface area contributed by atoms with Crippen molar-refractivity contribution < 1.29 is 17.6 Å². The fraction of sp³-hybridized carbons (Fsp3) is 0.688. The number of carbonyl (C=O) groups is 1. The van der Waals surface area contributed by atoms with Gasteiger partial charge in [-0.15, -0.1) is 0 Å². The van der Waals surface area contributed by atoms with Crippen molar-refractivity contribution >= 4 is 15.9 Å². The number of amides is 1. The lowest BCUT2D eigenvalue weighted by atomic mass is 10.1. The van der Waals surface area contributed by atoms with Gasteiger partial charge in [0.15, 0.2) is 5.76 Å². The predicted molar refractivity (Wildman–Crippen MR) is 90.2 cm³/mol. The molecule has 134 valence electrons. The summed E-state index contributed by atoms with van der Waals surface area (Å²) in [6, 6.07) is 3.16. The van der Waals surface area contributed by atoms with Gasteiger partial charge >= 0.3 is 0 Å². The number of nitrogens with zero attached hydrogens (tertiary/aromatic N) is 3. The van der Waals surface area contributed by atoms with E-state index in [1.54, 1.807) is 21.3 Å². The molecule has 1 amide bonds. The zero-order valence-electron chi connectivity index (χ0n) is 14.1. The topological polar surface area (TPSA) is 74.1 Å². The van der Waals surface area contributed by atoms with Crippen molar-refractivity contribution in [2.24, 2.45) is 0 Å². The summed E-state index contributed by atoms with van der Waals surface area (Å²) in [6.45, 7) is 4.19. The summed E-state index contributed by atoms with van der Waals surface area (Å²) in [6.07, 6.45) is 6.35. The summed E-state index contributed by atoms with van der Waals surface area (Å²) >= 11 is 0. The van der Waals surface area contributed by atoms with Gasteiger partial charge in [-0.3, -0.25) is 4.79 Å². The molecule has 1 aromatic rings. The minimum Gasteiger partial charge on any atom is -0.459 e. The molecule has 24 heavy (non-hydrogen) atoms. The standard InChI is InChI=1S/C16H25N3O4S/c1-24(21,22)19(10-9-17-7-3-2-4-8-17)14-12-18(13-14)16(20)15-6-5-11-23-15/h5-6,11,14H,2-4,7-10,12-13H2,1H3. The van der Waals surface area contributed by atoms with Crippen LogP contribution in [0.2, 0.25) is 0 Å². The van der Waals surface area contributed by atoms with E-state index in [1.165, 1.54) is 31.8 Å². The summed E-state index contributed by atoms with van der Waals surface area (Å²) in [5, 5.41) is 0. The smallest absolute Gasteiger partial charge is 0.289 e. The number of sulfonamides is 1. The predicted octanol–water partition coefficient (Wildman–Crippen LogP) is 0.852. The van der Waals surface area contributed by atoms with Crippen molar-refractivity contribution in [3.63, 3.8) is 0 Å². The van der Waals surface area contributed by atoms with Crippen LogP contribution >= 0.6 is 0 Å². The van der Waals surface area contributed by atoms with E-state index in [-0.39, 0.29) is 11.9 Å². The first-order valence-electron chi connectivity index (χ1n) is 8.47. The maximum atomic E-state index is 12.2. The van der Waals surface area contributed by atoms with Crippen LogP contribution in [0, 0.1) is 0 Å². The van der Waals surface area contributed by atoms with Crippen LogP contribution in [0.4, 0.5) is 0 Å². The number of likely N-dealkylation sites (tertiary alicyclic amines) is 2. The molecule has 0 saturated carbocycles. The van der Waals surface area contributed by atoms with E-state index in [2.05, 4.69) is 4.90 Å². The van der Waals surface area contributed by atoms with E-state index in [4.69, 9.17) is 4.42 Å². The van der Waals surface area contributed by atoms with Crippen LogP contribution in [0.5, 0.6) is 0 Å². The Morgan fingerprint density at radius 2 is 2.00 bits per heavy atom. The van der Waals surface area contributed by atoms with Gasteiger partial charge in [-0.25, -0.2) is 8.42 Å². The van der Waals surface area contributed by atoms with Crippen molar-refractivity contribution in [3.05, 3.63) is 24.2 Å². The van der Waals surface area contributed by atoms with Crippen LogP contribution in [0.3, 0.4) is 0 Å². The fourth-order valence-corrected chi connectivity index (χ4v) is 4.49. The van der Waals surface area contributed by atoms with Crippen LogP contribution in [-0.2, 0) is 10.0 Å².